The molecule has 0 saturated heterocycles. The van der Waals surface area contributed by atoms with E-state index in [1.54, 1.807) is 24.3 Å². The van der Waals surface area contributed by atoms with Gasteiger partial charge in [-0.25, -0.2) is 0 Å². The lowest BCUT2D eigenvalue weighted by Gasteiger charge is -2.19. The molecule has 0 aliphatic heterocycles. The molecule has 0 bridgehead atoms. The molecule has 0 spiro atoms. The lowest BCUT2D eigenvalue weighted by atomic mass is 9.87. The molecule has 3 aromatic rings. The molecule has 0 fully saturated rings. The van der Waals surface area contributed by atoms with Gasteiger partial charge >= 0.3 is 0 Å². The Hall–Kier alpha value is -3.67. The molecule has 2 amide bonds. The van der Waals surface area contributed by atoms with Gasteiger partial charge in [0.05, 0.1) is 0 Å². The van der Waals surface area contributed by atoms with E-state index in [4.69, 9.17) is 4.42 Å². The van der Waals surface area contributed by atoms with E-state index in [2.05, 4.69) is 52.2 Å². The highest BCUT2D eigenvalue weighted by Gasteiger charge is 2.18. The van der Waals surface area contributed by atoms with Gasteiger partial charge < -0.3 is 15.1 Å². The van der Waals surface area contributed by atoms with Gasteiger partial charge in [-0.15, -0.1) is 0 Å². The van der Waals surface area contributed by atoms with Crippen LogP contribution in [-0.4, -0.2) is 11.8 Å². The number of benzene rings is 2. The predicted molar refractivity (Wildman–Crippen MR) is 131 cm³/mol. The zero-order valence-corrected chi connectivity index (χ0v) is 19.9. The maximum atomic E-state index is 12.6. The lowest BCUT2D eigenvalue weighted by Crippen LogP contribution is -2.19. The van der Waals surface area contributed by atoms with Gasteiger partial charge in [-0.2, -0.15) is 0 Å². The van der Waals surface area contributed by atoms with Crippen LogP contribution in [0.4, 0.5) is 11.4 Å². The molecule has 0 aliphatic carbocycles. The van der Waals surface area contributed by atoms with E-state index in [1.165, 1.54) is 0 Å². The molecule has 1 aromatic heterocycles. The van der Waals surface area contributed by atoms with Crippen LogP contribution in [0.2, 0.25) is 0 Å². The number of nitrogens with one attached hydrogen (secondary N) is 2. The maximum absolute atomic E-state index is 12.6. The number of anilines is 2. The monoisotopic (exact) mass is 446 g/mol. The van der Waals surface area contributed by atoms with Gasteiger partial charge in [0.25, 0.3) is 11.8 Å². The molecule has 0 unspecified atom stereocenters. The molecular formula is C27H30N2O4. The predicted octanol–water partition coefficient (Wildman–Crippen LogP) is 5.74. The minimum atomic E-state index is -0.611. The van der Waals surface area contributed by atoms with E-state index in [-0.39, 0.29) is 22.4 Å². The van der Waals surface area contributed by atoms with E-state index in [1.807, 2.05) is 24.3 Å². The van der Waals surface area contributed by atoms with E-state index in [0.29, 0.717) is 11.4 Å². The Morgan fingerprint density at radius 3 is 1.27 bits per heavy atom. The van der Waals surface area contributed by atoms with Crippen molar-refractivity contribution in [1.29, 1.82) is 0 Å². The molecule has 2 N–H and O–H groups in total. The average Bonchev–Trinajstić information content (AvgIpc) is 2.72. The first-order valence-corrected chi connectivity index (χ1v) is 10.8. The van der Waals surface area contributed by atoms with E-state index >= 15 is 0 Å². The molecular weight excluding hydrogens is 416 g/mol. The zero-order valence-electron chi connectivity index (χ0n) is 19.9. The third-order valence-electron chi connectivity index (χ3n) is 5.23. The van der Waals surface area contributed by atoms with Crippen molar-refractivity contribution in [3.63, 3.8) is 0 Å². The van der Waals surface area contributed by atoms with Gasteiger partial charge in [0.15, 0.2) is 16.9 Å². The first kappa shape index (κ1) is 24.0. The summed E-state index contributed by atoms with van der Waals surface area (Å²) in [6.07, 6.45) is 0. The van der Waals surface area contributed by atoms with Gasteiger partial charge in [0.2, 0.25) is 0 Å². The number of carbonyl (C=O) groups is 2. The molecule has 6 heteroatoms. The fraction of sp³-hybridized carbons (Fsp3) is 0.296. The fourth-order valence-corrected chi connectivity index (χ4v) is 3.19. The normalized spacial score (nSPS) is 11.7. The molecule has 3 rings (SSSR count). The standard InChI is InChI=1S/C27H30N2O4/c1-26(2,3)17-7-11-19(12-8-17)28-24(31)22-15-21(30)16-23(33-22)25(32)29-20-13-9-18(10-14-20)27(4,5)6/h7-16H,1-6H3,(H,28,31)(H,29,32). The van der Waals surface area contributed by atoms with Gasteiger partial charge in [-0.05, 0) is 46.2 Å². The van der Waals surface area contributed by atoms with Gasteiger partial charge in [0, 0.05) is 23.5 Å². The molecule has 172 valence electrons. The number of rotatable bonds is 4. The molecule has 33 heavy (non-hydrogen) atoms. The highest BCUT2D eigenvalue weighted by molar-refractivity contribution is 6.04. The Morgan fingerprint density at radius 2 is 0.970 bits per heavy atom. The van der Waals surface area contributed by atoms with Crippen LogP contribution in [0, 0.1) is 0 Å². The first-order chi connectivity index (χ1) is 15.3. The summed E-state index contributed by atoms with van der Waals surface area (Å²) in [5.41, 5.74) is 2.85. The lowest BCUT2D eigenvalue weighted by molar-refractivity contribution is 0.0967. The summed E-state index contributed by atoms with van der Waals surface area (Å²) in [5.74, 6) is -1.70. The van der Waals surface area contributed by atoms with Crippen LogP contribution in [0.1, 0.15) is 73.8 Å². The van der Waals surface area contributed by atoms with Crippen LogP contribution in [0.3, 0.4) is 0 Å². The van der Waals surface area contributed by atoms with Crippen molar-refractivity contribution >= 4 is 23.2 Å². The number of hydrogen-bond donors (Lipinski definition) is 2. The summed E-state index contributed by atoms with van der Waals surface area (Å²) in [7, 11) is 0. The minimum absolute atomic E-state index is 0.00983. The molecule has 0 aliphatic rings. The SMILES string of the molecule is CC(C)(C)c1ccc(NC(=O)c2cc(=O)cc(C(=O)Nc3ccc(C(C)(C)C)cc3)o2)cc1. The number of carbonyl (C=O) groups excluding carboxylic acids is 2. The van der Waals surface area contributed by atoms with Crippen LogP contribution in [0.15, 0.2) is 69.9 Å². The van der Waals surface area contributed by atoms with Crippen LogP contribution in [0.5, 0.6) is 0 Å². The maximum Gasteiger partial charge on any atom is 0.291 e. The third kappa shape index (κ3) is 6.19. The van der Waals surface area contributed by atoms with Crippen LogP contribution in [0.25, 0.3) is 0 Å². The van der Waals surface area contributed by atoms with E-state index < -0.39 is 17.2 Å². The van der Waals surface area contributed by atoms with Crippen molar-refractivity contribution < 1.29 is 14.0 Å². The number of amides is 2. The van der Waals surface area contributed by atoms with Gasteiger partial charge in [-0.1, -0.05) is 65.8 Å². The Labute approximate surface area is 194 Å². The van der Waals surface area contributed by atoms with E-state index in [0.717, 1.165) is 23.3 Å². The van der Waals surface area contributed by atoms with E-state index in [9.17, 15) is 14.4 Å². The third-order valence-corrected chi connectivity index (χ3v) is 5.23. The number of hydrogen-bond acceptors (Lipinski definition) is 4. The zero-order chi connectivity index (χ0) is 24.4. The van der Waals surface area contributed by atoms with Crippen molar-refractivity contribution in [2.45, 2.75) is 52.4 Å². The van der Waals surface area contributed by atoms with Gasteiger partial charge in [0.1, 0.15) is 0 Å². The molecule has 2 aromatic carbocycles. The average molecular weight is 447 g/mol. The second-order valence-corrected chi connectivity index (χ2v) is 10.1. The largest absolute Gasteiger partial charge is 0.445 e. The topological polar surface area (TPSA) is 88.4 Å². The van der Waals surface area contributed by atoms with Gasteiger partial charge in [-0.3, -0.25) is 14.4 Å². The van der Waals surface area contributed by atoms with Crippen LogP contribution >= 0.6 is 0 Å². The first-order valence-electron chi connectivity index (χ1n) is 10.8. The summed E-state index contributed by atoms with van der Waals surface area (Å²) in [5, 5.41) is 5.39. The Morgan fingerprint density at radius 1 is 0.636 bits per heavy atom. The van der Waals surface area contributed by atoms with Crippen LogP contribution < -0.4 is 16.1 Å². The fourth-order valence-electron chi connectivity index (χ4n) is 3.19. The summed E-state index contributed by atoms with van der Waals surface area (Å²) < 4.78 is 5.46. The Bertz CT molecular complexity index is 1120. The second kappa shape index (κ2) is 9.06. The van der Waals surface area contributed by atoms with Crippen molar-refractivity contribution in [2.75, 3.05) is 10.6 Å². The second-order valence-electron chi connectivity index (χ2n) is 10.1. The van der Waals surface area contributed by atoms with Crippen molar-refractivity contribution in [3.8, 4) is 0 Å². The minimum Gasteiger partial charge on any atom is -0.445 e. The molecule has 0 radical (unpaired) electrons. The molecule has 1 heterocycles. The highest BCUT2D eigenvalue weighted by Crippen LogP contribution is 2.25. The summed E-state index contributed by atoms with van der Waals surface area (Å²) in [6.45, 7) is 12.6. The summed E-state index contributed by atoms with van der Waals surface area (Å²) >= 11 is 0. The molecule has 0 saturated carbocycles. The Kier molecular flexibility index (Phi) is 6.58. The van der Waals surface area contributed by atoms with Crippen LogP contribution in [-0.2, 0) is 10.8 Å². The summed E-state index contributed by atoms with van der Waals surface area (Å²) in [4.78, 5) is 37.4. The molecule has 0 atom stereocenters. The highest BCUT2D eigenvalue weighted by atomic mass is 16.4. The summed E-state index contributed by atoms with van der Waals surface area (Å²) in [6, 6.07) is 17.0. The van der Waals surface area contributed by atoms with Crippen molar-refractivity contribution in [2.24, 2.45) is 0 Å². The van der Waals surface area contributed by atoms with Crippen molar-refractivity contribution in [3.05, 3.63) is 93.5 Å². The molecule has 6 nitrogen and oxygen atoms in total. The quantitative estimate of drug-likeness (QED) is 0.535. The smallest absolute Gasteiger partial charge is 0.291 e. The van der Waals surface area contributed by atoms with Crippen molar-refractivity contribution in [1.82, 2.24) is 0 Å². The Balaban J connectivity index is 1.75.